The molecule has 7 nitrogen and oxygen atoms in total. The van der Waals surface area contributed by atoms with Crippen molar-refractivity contribution in [1.82, 2.24) is 9.78 Å². The molecule has 0 amide bonds. The summed E-state index contributed by atoms with van der Waals surface area (Å²) in [7, 11) is 1.51. The third-order valence-electron chi connectivity index (χ3n) is 4.81. The van der Waals surface area contributed by atoms with Gasteiger partial charge in [-0.2, -0.15) is 0 Å². The maximum absolute atomic E-state index is 12.8. The van der Waals surface area contributed by atoms with Crippen LogP contribution in [0.2, 0.25) is 0 Å². The van der Waals surface area contributed by atoms with Gasteiger partial charge in [-0.1, -0.05) is 17.8 Å². The number of fused-ring (bicyclic) bond motifs is 1. The number of phenolic OH excluding ortho intramolecular Hbond substituents is 1. The standard InChI is InChI=1S/C18H21N3O4S/c1-10-19-17-15(18(23)20-21(17)12-5-7-25-8-6-12)16(26-10)11-3-4-13(22)14(9-11)24-2/h3-4,9,12,16,22H,5-8H2,1-2H3,(H,20,23)/t16-/m0/s1. The first-order chi connectivity index (χ1) is 12.6. The van der Waals surface area contributed by atoms with E-state index in [0.717, 1.165) is 23.4 Å². The van der Waals surface area contributed by atoms with E-state index in [1.54, 1.807) is 12.1 Å². The predicted molar refractivity (Wildman–Crippen MR) is 101 cm³/mol. The highest BCUT2D eigenvalue weighted by Gasteiger charge is 2.32. The number of H-pyrrole nitrogens is 1. The monoisotopic (exact) mass is 375 g/mol. The minimum absolute atomic E-state index is 0.0800. The lowest BCUT2D eigenvalue weighted by atomic mass is 10.0. The van der Waals surface area contributed by atoms with Crippen molar-refractivity contribution in [3.05, 3.63) is 39.7 Å². The number of ether oxygens (including phenoxy) is 2. The molecule has 3 heterocycles. The fourth-order valence-electron chi connectivity index (χ4n) is 3.51. The van der Waals surface area contributed by atoms with Gasteiger partial charge in [-0.3, -0.25) is 14.6 Å². The Balaban J connectivity index is 1.81. The Hall–Kier alpha value is -2.19. The van der Waals surface area contributed by atoms with Crippen molar-refractivity contribution in [2.24, 2.45) is 4.99 Å². The molecule has 138 valence electrons. The summed E-state index contributed by atoms with van der Waals surface area (Å²) >= 11 is 1.54. The first-order valence-electron chi connectivity index (χ1n) is 8.59. The van der Waals surface area contributed by atoms with Crippen molar-refractivity contribution in [3.8, 4) is 11.5 Å². The number of aromatic nitrogens is 2. The van der Waals surface area contributed by atoms with Crippen molar-refractivity contribution in [3.63, 3.8) is 0 Å². The minimum atomic E-state index is -0.193. The van der Waals surface area contributed by atoms with Crippen LogP contribution in [0.1, 0.15) is 42.2 Å². The molecule has 2 aliphatic rings. The number of hydrogen-bond acceptors (Lipinski definition) is 6. The van der Waals surface area contributed by atoms with E-state index >= 15 is 0 Å². The Morgan fingerprint density at radius 2 is 2.15 bits per heavy atom. The van der Waals surface area contributed by atoms with Crippen LogP contribution >= 0.6 is 11.8 Å². The van der Waals surface area contributed by atoms with Crippen molar-refractivity contribution in [1.29, 1.82) is 0 Å². The summed E-state index contributed by atoms with van der Waals surface area (Å²) in [5, 5.41) is 13.6. The number of aromatic hydroxyl groups is 1. The third-order valence-corrected chi connectivity index (χ3v) is 5.99. The smallest absolute Gasteiger partial charge is 0.271 e. The van der Waals surface area contributed by atoms with Crippen molar-refractivity contribution in [2.75, 3.05) is 20.3 Å². The molecule has 4 rings (SSSR count). The lowest BCUT2D eigenvalue weighted by Gasteiger charge is -2.26. The van der Waals surface area contributed by atoms with Crippen LogP contribution in [0.25, 0.3) is 0 Å². The summed E-state index contributed by atoms with van der Waals surface area (Å²) in [6.45, 7) is 3.33. The topological polar surface area (TPSA) is 88.8 Å². The second-order valence-electron chi connectivity index (χ2n) is 6.45. The molecule has 26 heavy (non-hydrogen) atoms. The van der Waals surface area contributed by atoms with Gasteiger partial charge >= 0.3 is 0 Å². The Morgan fingerprint density at radius 3 is 2.88 bits per heavy atom. The van der Waals surface area contributed by atoms with Gasteiger partial charge in [0.25, 0.3) is 5.56 Å². The van der Waals surface area contributed by atoms with E-state index in [-0.39, 0.29) is 22.6 Å². The first-order valence-corrected chi connectivity index (χ1v) is 9.47. The van der Waals surface area contributed by atoms with Crippen LogP contribution in [0.4, 0.5) is 5.82 Å². The van der Waals surface area contributed by atoms with Gasteiger partial charge in [-0.25, -0.2) is 4.99 Å². The van der Waals surface area contributed by atoms with E-state index in [9.17, 15) is 9.90 Å². The average molecular weight is 375 g/mol. The molecule has 1 aromatic carbocycles. The number of methoxy groups -OCH3 is 1. The molecule has 2 aromatic rings. The lowest BCUT2D eigenvalue weighted by Crippen LogP contribution is -2.21. The van der Waals surface area contributed by atoms with Gasteiger partial charge in [0.1, 0.15) is 0 Å². The summed E-state index contributed by atoms with van der Waals surface area (Å²) in [5.74, 6) is 1.18. The van der Waals surface area contributed by atoms with E-state index in [2.05, 4.69) is 10.1 Å². The number of nitrogens with one attached hydrogen (secondary N) is 1. The Kier molecular flexibility index (Phi) is 4.54. The van der Waals surface area contributed by atoms with Crippen LogP contribution in [0, 0.1) is 0 Å². The van der Waals surface area contributed by atoms with E-state index in [0.29, 0.717) is 30.3 Å². The summed E-state index contributed by atoms with van der Waals surface area (Å²) < 4.78 is 12.6. The average Bonchev–Trinajstić information content (AvgIpc) is 2.98. The summed E-state index contributed by atoms with van der Waals surface area (Å²) in [5.41, 5.74) is 1.43. The van der Waals surface area contributed by atoms with E-state index in [1.807, 2.05) is 17.7 Å². The fraction of sp³-hybridized carbons (Fsp3) is 0.444. The Labute approximate surface area is 155 Å². The van der Waals surface area contributed by atoms with Crippen molar-refractivity contribution < 1.29 is 14.6 Å². The number of aliphatic imine (C=N–C) groups is 1. The molecule has 1 saturated heterocycles. The van der Waals surface area contributed by atoms with Crippen molar-refractivity contribution in [2.45, 2.75) is 31.1 Å². The molecule has 0 spiro atoms. The van der Waals surface area contributed by atoms with Crippen LogP contribution in [-0.4, -0.2) is 40.3 Å². The number of phenols is 1. The molecule has 0 radical (unpaired) electrons. The quantitative estimate of drug-likeness (QED) is 0.860. The molecule has 0 saturated carbocycles. The summed E-state index contributed by atoms with van der Waals surface area (Å²) in [4.78, 5) is 17.4. The highest BCUT2D eigenvalue weighted by molar-refractivity contribution is 8.14. The van der Waals surface area contributed by atoms with E-state index < -0.39 is 0 Å². The summed E-state index contributed by atoms with van der Waals surface area (Å²) in [6, 6.07) is 5.39. The van der Waals surface area contributed by atoms with Crippen LogP contribution in [-0.2, 0) is 4.74 Å². The van der Waals surface area contributed by atoms with Gasteiger partial charge in [0.05, 0.1) is 29.0 Å². The van der Waals surface area contributed by atoms with E-state index in [1.165, 1.54) is 18.9 Å². The van der Waals surface area contributed by atoms with Gasteiger partial charge < -0.3 is 14.6 Å². The number of benzene rings is 1. The van der Waals surface area contributed by atoms with Gasteiger partial charge in [-0.05, 0) is 37.5 Å². The zero-order valence-electron chi connectivity index (χ0n) is 14.7. The van der Waals surface area contributed by atoms with Crippen molar-refractivity contribution >= 4 is 22.6 Å². The fourth-order valence-corrected chi connectivity index (χ4v) is 4.60. The number of thioether (sulfide) groups is 1. The van der Waals surface area contributed by atoms with Crippen LogP contribution < -0.4 is 10.3 Å². The molecule has 1 fully saturated rings. The highest BCUT2D eigenvalue weighted by Crippen LogP contribution is 2.46. The maximum Gasteiger partial charge on any atom is 0.271 e. The SMILES string of the molecule is COc1cc([C@@H]2SC(C)=Nc3c2c(=O)[nH]n3C2CCOCC2)ccc1O. The van der Waals surface area contributed by atoms with Gasteiger partial charge in [0, 0.05) is 13.2 Å². The third kappa shape index (κ3) is 2.93. The van der Waals surface area contributed by atoms with Gasteiger partial charge in [0.15, 0.2) is 17.3 Å². The molecule has 8 heteroatoms. The van der Waals surface area contributed by atoms with Gasteiger partial charge in [0.2, 0.25) is 0 Å². The zero-order chi connectivity index (χ0) is 18.3. The Bertz CT molecular complexity index is 912. The molecule has 1 atom stereocenters. The number of aromatic amines is 1. The normalized spacial score (nSPS) is 20.5. The second-order valence-corrected chi connectivity index (χ2v) is 7.75. The molecule has 2 aliphatic heterocycles. The first kappa shape index (κ1) is 17.2. The number of nitrogens with zero attached hydrogens (tertiary/aromatic N) is 2. The number of rotatable bonds is 3. The molecule has 0 unspecified atom stereocenters. The highest BCUT2D eigenvalue weighted by atomic mass is 32.2. The lowest BCUT2D eigenvalue weighted by molar-refractivity contribution is 0.0666. The molecule has 2 N–H and O–H groups in total. The van der Waals surface area contributed by atoms with Crippen LogP contribution in [0.5, 0.6) is 11.5 Å². The second kappa shape index (κ2) is 6.85. The van der Waals surface area contributed by atoms with Gasteiger partial charge in [-0.15, -0.1) is 0 Å². The molecular formula is C18H21N3O4S. The minimum Gasteiger partial charge on any atom is -0.504 e. The van der Waals surface area contributed by atoms with Crippen LogP contribution in [0.15, 0.2) is 28.0 Å². The maximum atomic E-state index is 12.8. The summed E-state index contributed by atoms with van der Waals surface area (Å²) in [6.07, 6.45) is 1.72. The predicted octanol–water partition coefficient (Wildman–Crippen LogP) is 3.13. The Morgan fingerprint density at radius 1 is 1.38 bits per heavy atom. The molecule has 1 aromatic heterocycles. The number of hydrogen-bond donors (Lipinski definition) is 2. The molecule has 0 aliphatic carbocycles. The zero-order valence-corrected chi connectivity index (χ0v) is 15.5. The molecular weight excluding hydrogens is 354 g/mol. The molecule has 0 bridgehead atoms. The van der Waals surface area contributed by atoms with Crippen LogP contribution in [0.3, 0.4) is 0 Å². The van der Waals surface area contributed by atoms with E-state index in [4.69, 9.17) is 9.47 Å². The largest absolute Gasteiger partial charge is 0.504 e.